The molecule has 0 aliphatic carbocycles. The number of rotatable bonds is 5. The summed E-state index contributed by atoms with van der Waals surface area (Å²) in [7, 11) is 0. The van der Waals surface area contributed by atoms with Gasteiger partial charge in [-0.1, -0.05) is 36.2 Å². The quantitative estimate of drug-likeness (QED) is 0.687. The Labute approximate surface area is 80.4 Å². The van der Waals surface area contributed by atoms with Crippen LogP contribution in [0, 0.1) is 6.92 Å². The summed E-state index contributed by atoms with van der Waals surface area (Å²) >= 11 is 0. The van der Waals surface area contributed by atoms with Crippen LogP contribution in [0.4, 0.5) is 0 Å². The van der Waals surface area contributed by atoms with E-state index in [2.05, 4.69) is 31.2 Å². The third-order valence-corrected chi connectivity index (χ3v) is 2.21. The van der Waals surface area contributed by atoms with Gasteiger partial charge in [0.1, 0.15) is 0 Å². The summed E-state index contributed by atoms with van der Waals surface area (Å²) in [5.74, 6) is 0. The number of hydrogen-bond donors (Lipinski definition) is 1. The van der Waals surface area contributed by atoms with Crippen LogP contribution in [0.25, 0.3) is 0 Å². The van der Waals surface area contributed by atoms with Crippen molar-refractivity contribution >= 4 is 0 Å². The maximum absolute atomic E-state index is 8.61. The molecule has 0 heterocycles. The molecule has 0 aliphatic rings. The monoisotopic (exact) mass is 178 g/mol. The molecule has 1 aromatic carbocycles. The number of benzene rings is 1. The SMILES string of the molecule is Cc1cccc(CCCCCO)c1. The Morgan fingerprint density at radius 2 is 2.00 bits per heavy atom. The fraction of sp³-hybridized carbons (Fsp3) is 0.500. The number of aliphatic hydroxyl groups is 1. The fourth-order valence-corrected chi connectivity index (χ4v) is 1.49. The second kappa shape index (κ2) is 5.76. The highest BCUT2D eigenvalue weighted by atomic mass is 16.2. The van der Waals surface area contributed by atoms with Gasteiger partial charge in [-0.15, -0.1) is 0 Å². The van der Waals surface area contributed by atoms with Crippen LogP contribution in [0.1, 0.15) is 30.4 Å². The van der Waals surface area contributed by atoms with Gasteiger partial charge in [-0.3, -0.25) is 0 Å². The summed E-state index contributed by atoms with van der Waals surface area (Å²) < 4.78 is 0. The summed E-state index contributed by atoms with van der Waals surface area (Å²) in [6.07, 6.45) is 4.39. The third-order valence-electron chi connectivity index (χ3n) is 2.21. The molecule has 1 aromatic rings. The van der Waals surface area contributed by atoms with Crippen molar-refractivity contribution in [3.05, 3.63) is 35.4 Å². The lowest BCUT2D eigenvalue weighted by Gasteiger charge is -2.01. The van der Waals surface area contributed by atoms with E-state index in [0.29, 0.717) is 6.61 Å². The van der Waals surface area contributed by atoms with Gasteiger partial charge in [0.05, 0.1) is 0 Å². The van der Waals surface area contributed by atoms with E-state index in [0.717, 1.165) is 19.3 Å². The Morgan fingerprint density at radius 1 is 1.15 bits per heavy atom. The van der Waals surface area contributed by atoms with Crippen molar-refractivity contribution in [3.63, 3.8) is 0 Å². The molecule has 1 nitrogen and oxygen atoms in total. The van der Waals surface area contributed by atoms with Crippen LogP contribution >= 0.6 is 0 Å². The Kier molecular flexibility index (Phi) is 4.55. The van der Waals surface area contributed by atoms with E-state index in [9.17, 15) is 0 Å². The molecule has 1 heteroatoms. The van der Waals surface area contributed by atoms with Crippen molar-refractivity contribution in [2.24, 2.45) is 0 Å². The molecule has 0 saturated carbocycles. The highest BCUT2D eigenvalue weighted by Crippen LogP contribution is 2.08. The van der Waals surface area contributed by atoms with Crippen LogP contribution in [-0.2, 0) is 6.42 Å². The van der Waals surface area contributed by atoms with Gasteiger partial charge < -0.3 is 5.11 Å². The molecule has 1 N–H and O–H groups in total. The molecule has 72 valence electrons. The first kappa shape index (κ1) is 10.3. The Morgan fingerprint density at radius 3 is 2.69 bits per heavy atom. The van der Waals surface area contributed by atoms with Crippen LogP contribution in [0.2, 0.25) is 0 Å². The van der Waals surface area contributed by atoms with Gasteiger partial charge in [-0.05, 0) is 31.7 Å². The van der Waals surface area contributed by atoms with E-state index in [1.165, 1.54) is 17.5 Å². The first-order chi connectivity index (χ1) is 6.33. The van der Waals surface area contributed by atoms with Gasteiger partial charge in [0, 0.05) is 6.61 Å². The fourth-order valence-electron chi connectivity index (χ4n) is 1.49. The van der Waals surface area contributed by atoms with Crippen molar-refractivity contribution in [3.8, 4) is 0 Å². The van der Waals surface area contributed by atoms with Crippen molar-refractivity contribution in [2.45, 2.75) is 32.6 Å². The van der Waals surface area contributed by atoms with E-state index >= 15 is 0 Å². The van der Waals surface area contributed by atoms with E-state index in [1.54, 1.807) is 0 Å². The third kappa shape index (κ3) is 4.09. The predicted molar refractivity (Wildman–Crippen MR) is 55.8 cm³/mol. The van der Waals surface area contributed by atoms with Crippen LogP contribution in [0.15, 0.2) is 24.3 Å². The van der Waals surface area contributed by atoms with Gasteiger partial charge in [-0.2, -0.15) is 0 Å². The summed E-state index contributed by atoms with van der Waals surface area (Å²) in [6, 6.07) is 8.64. The lowest BCUT2D eigenvalue weighted by Crippen LogP contribution is -1.88. The first-order valence-corrected chi connectivity index (χ1v) is 4.99. The average molecular weight is 178 g/mol. The molecule has 13 heavy (non-hydrogen) atoms. The van der Waals surface area contributed by atoms with Gasteiger partial charge in [0.15, 0.2) is 0 Å². The molecule has 0 bridgehead atoms. The van der Waals surface area contributed by atoms with Gasteiger partial charge in [0.2, 0.25) is 0 Å². The number of unbranched alkanes of at least 4 members (excludes halogenated alkanes) is 2. The molecule has 0 aromatic heterocycles. The minimum absolute atomic E-state index is 0.327. The minimum atomic E-state index is 0.327. The number of aryl methyl sites for hydroxylation is 2. The molecule has 0 amide bonds. The highest BCUT2D eigenvalue weighted by Gasteiger charge is 1.93. The minimum Gasteiger partial charge on any atom is -0.396 e. The highest BCUT2D eigenvalue weighted by molar-refractivity contribution is 5.22. The molecule has 0 aliphatic heterocycles. The lowest BCUT2D eigenvalue weighted by atomic mass is 10.1. The molecular formula is C12H18O. The Hall–Kier alpha value is -0.820. The first-order valence-electron chi connectivity index (χ1n) is 4.99. The van der Waals surface area contributed by atoms with E-state index in [1.807, 2.05) is 0 Å². The topological polar surface area (TPSA) is 20.2 Å². The van der Waals surface area contributed by atoms with Crippen LogP contribution in [0.3, 0.4) is 0 Å². The Balaban J connectivity index is 2.28. The van der Waals surface area contributed by atoms with Gasteiger partial charge in [-0.25, -0.2) is 0 Å². The molecule has 0 saturated heterocycles. The summed E-state index contributed by atoms with van der Waals surface area (Å²) in [6.45, 7) is 2.45. The molecule has 0 radical (unpaired) electrons. The van der Waals surface area contributed by atoms with Crippen molar-refractivity contribution in [1.29, 1.82) is 0 Å². The van der Waals surface area contributed by atoms with Crippen LogP contribution in [-0.4, -0.2) is 11.7 Å². The van der Waals surface area contributed by atoms with Crippen molar-refractivity contribution in [2.75, 3.05) is 6.61 Å². The second-order valence-corrected chi connectivity index (χ2v) is 3.52. The largest absolute Gasteiger partial charge is 0.396 e. The second-order valence-electron chi connectivity index (χ2n) is 3.52. The normalized spacial score (nSPS) is 10.3. The summed E-state index contributed by atoms with van der Waals surface area (Å²) in [5, 5.41) is 8.61. The van der Waals surface area contributed by atoms with Gasteiger partial charge >= 0.3 is 0 Å². The standard InChI is InChI=1S/C12H18O/c1-11-6-5-8-12(10-11)7-3-2-4-9-13/h5-6,8,10,13H,2-4,7,9H2,1H3. The molecule has 0 unspecified atom stereocenters. The molecular weight excluding hydrogens is 160 g/mol. The van der Waals surface area contributed by atoms with E-state index in [4.69, 9.17) is 5.11 Å². The summed E-state index contributed by atoms with van der Waals surface area (Å²) in [4.78, 5) is 0. The predicted octanol–water partition coefficient (Wildman–Crippen LogP) is 2.70. The van der Waals surface area contributed by atoms with Gasteiger partial charge in [0.25, 0.3) is 0 Å². The molecule has 0 spiro atoms. The van der Waals surface area contributed by atoms with Crippen LogP contribution in [0.5, 0.6) is 0 Å². The molecule has 1 rings (SSSR count). The number of aliphatic hydroxyl groups excluding tert-OH is 1. The van der Waals surface area contributed by atoms with E-state index in [-0.39, 0.29) is 0 Å². The molecule has 0 fully saturated rings. The smallest absolute Gasteiger partial charge is 0.0431 e. The van der Waals surface area contributed by atoms with Crippen LogP contribution < -0.4 is 0 Å². The molecule has 0 atom stereocenters. The maximum atomic E-state index is 8.61. The lowest BCUT2D eigenvalue weighted by molar-refractivity contribution is 0.283. The average Bonchev–Trinajstić information content (AvgIpc) is 2.13. The zero-order valence-corrected chi connectivity index (χ0v) is 8.29. The number of hydrogen-bond acceptors (Lipinski definition) is 1. The Bertz CT molecular complexity index is 243. The maximum Gasteiger partial charge on any atom is 0.0431 e. The van der Waals surface area contributed by atoms with E-state index < -0.39 is 0 Å². The zero-order valence-electron chi connectivity index (χ0n) is 8.29. The summed E-state index contributed by atoms with van der Waals surface area (Å²) in [5.41, 5.74) is 2.75. The zero-order chi connectivity index (χ0) is 9.52. The van der Waals surface area contributed by atoms with Crippen molar-refractivity contribution in [1.82, 2.24) is 0 Å². The van der Waals surface area contributed by atoms with Crippen molar-refractivity contribution < 1.29 is 5.11 Å².